The number of esters is 3. The van der Waals surface area contributed by atoms with Crippen molar-refractivity contribution in [1.82, 2.24) is 0 Å². The fraction of sp³-hybridized carbons (Fsp3) is 0.946. The molecule has 0 aromatic rings. The molecule has 0 N–H and O–H groups in total. The first-order chi connectivity index (χ1) is 30.2. The Labute approximate surface area is 387 Å². The first kappa shape index (κ1) is 60.4. The number of carbonyl (C=O) groups excluding carboxylic acids is 3. The van der Waals surface area contributed by atoms with E-state index in [1.807, 2.05) is 0 Å². The van der Waals surface area contributed by atoms with E-state index in [1.54, 1.807) is 0 Å². The van der Waals surface area contributed by atoms with Crippen molar-refractivity contribution >= 4 is 17.9 Å². The highest BCUT2D eigenvalue weighted by Crippen LogP contribution is 2.19. The lowest BCUT2D eigenvalue weighted by molar-refractivity contribution is -0.167. The molecule has 0 heterocycles. The zero-order valence-electron chi connectivity index (χ0n) is 42.7. The maximum absolute atomic E-state index is 12.8. The van der Waals surface area contributed by atoms with Gasteiger partial charge in [-0.1, -0.05) is 266 Å². The molecule has 62 heavy (non-hydrogen) atoms. The van der Waals surface area contributed by atoms with Crippen LogP contribution in [0.2, 0.25) is 0 Å². The van der Waals surface area contributed by atoms with Crippen LogP contribution in [0, 0.1) is 17.8 Å². The van der Waals surface area contributed by atoms with Crippen LogP contribution < -0.4 is 0 Å². The molecule has 3 atom stereocenters. The largest absolute Gasteiger partial charge is 0.462 e. The Kier molecular flexibility index (Phi) is 46.2. The van der Waals surface area contributed by atoms with Gasteiger partial charge in [0.2, 0.25) is 0 Å². The summed E-state index contributed by atoms with van der Waals surface area (Å²) >= 11 is 0. The second-order valence-corrected chi connectivity index (χ2v) is 20.2. The van der Waals surface area contributed by atoms with Crippen molar-refractivity contribution < 1.29 is 28.6 Å². The van der Waals surface area contributed by atoms with Crippen molar-refractivity contribution in [3.8, 4) is 0 Å². The van der Waals surface area contributed by atoms with Gasteiger partial charge in [-0.25, -0.2) is 0 Å². The minimum atomic E-state index is -0.763. The van der Waals surface area contributed by atoms with Crippen LogP contribution in [0.25, 0.3) is 0 Å². The van der Waals surface area contributed by atoms with Gasteiger partial charge in [-0.3, -0.25) is 14.4 Å². The monoisotopic (exact) mass is 877 g/mol. The van der Waals surface area contributed by atoms with Gasteiger partial charge in [0.25, 0.3) is 0 Å². The summed E-state index contributed by atoms with van der Waals surface area (Å²) in [5, 5.41) is 0. The fourth-order valence-electron chi connectivity index (χ4n) is 8.40. The maximum atomic E-state index is 12.8. The Hall–Kier alpha value is -1.59. The first-order valence-corrected chi connectivity index (χ1v) is 27.7. The summed E-state index contributed by atoms with van der Waals surface area (Å²) in [5.74, 6) is 1.72. The number of unbranched alkanes of at least 4 members (excludes halogenated alkanes) is 30. The van der Waals surface area contributed by atoms with E-state index < -0.39 is 6.10 Å². The van der Waals surface area contributed by atoms with E-state index in [0.29, 0.717) is 19.3 Å². The van der Waals surface area contributed by atoms with Crippen molar-refractivity contribution in [2.45, 2.75) is 311 Å². The Morgan fingerprint density at radius 3 is 0.839 bits per heavy atom. The summed E-state index contributed by atoms with van der Waals surface area (Å²) in [6.07, 6.45) is 47.9. The molecule has 0 saturated carbocycles. The molecule has 0 radical (unpaired) electrons. The molecule has 2 unspecified atom stereocenters. The van der Waals surface area contributed by atoms with E-state index in [1.165, 1.54) is 186 Å². The first-order valence-electron chi connectivity index (χ1n) is 27.7. The zero-order chi connectivity index (χ0) is 45.6. The number of rotatable bonds is 49. The van der Waals surface area contributed by atoms with Gasteiger partial charge in [-0.05, 0) is 37.0 Å². The third kappa shape index (κ3) is 46.4. The van der Waals surface area contributed by atoms with Crippen molar-refractivity contribution in [3.05, 3.63) is 0 Å². The number of hydrogen-bond acceptors (Lipinski definition) is 6. The molecule has 0 aliphatic rings. The van der Waals surface area contributed by atoms with Crippen LogP contribution in [0.1, 0.15) is 305 Å². The van der Waals surface area contributed by atoms with Gasteiger partial charge >= 0.3 is 17.9 Å². The smallest absolute Gasteiger partial charge is 0.306 e. The molecular weight excluding hydrogens is 769 g/mol. The van der Waals surface area contributed by atoms with Crippen LogP contribution in [0.3, 0.4) is 0 Å². The van der Waals surface area contributed by atoms with Crippen molar-refractivity contribution in [2.75, 3.05) is 13.2 Å². The number of hydrogen-bond donors (Lipinski definition) is 0. The Morgan fingerprint density at radius 1 is 0.323 bits per heavy atom. The molecule has 0 aliphatic carbocycles. The molecule has 0 amide bonds. The Bertz CT molecular complexity index is 964. The normalized spacial score (nSPS) is 13.0. The summed E-state index contributed by atoms with van der Waals surface area (Å²) in [6.45, 7) is 13.8. The topological polar surface area (TPSA) is 78.9 Å². The summed E-state index contributed by atoms with van der Waals surface area (Å²) in [5.41, 5.74) is 0. The van der Waals surface area contributed by atoms with Crippen molar-refractivity contribution in [1.29, 1.82) is 0 Å². The third-order valence-electron chi connectivity index (χ3n) is 13.4. The zero-order valence-corrected chi connectivity index (χ0v) is 42.7. The van der Waals surface area contributed by atoms with E-state index in [4.69, 9.17) is 14.2 Å². The van der Waals surface area contributed by atoms with Gasteiger partial charge in [0.1, 0.15) is 13.2 Å². The minimum absolute atomic E-state index is 0.0645. The second kappa shape index (κ2) is 47.4. The average molecular weight is 877 g/mol. The number of carbonyl (C=O) groups is 3. The molecule has 0 aromatic carbocycles. The van der Waals surface area contributed by atoms with E-state index in [2.05, 4.69) is 41.5 Å². The lowest BCUT2D eigenvalue weighted by atomic mass is 9.99. The molecule has 0 aliphatic heterocycles. The molecule has 0 saturated heterocycles. The lowest BCUT2D eigenvalue weighted by Gasteiger charge is -2.18. The molecular formula is C56H108O6. The van der Waals surface area contributed by atoms with Crippen molar-refractivity contribution in [2.24, 2.45) is 17.8 Å². The SMILES string of the molecule is CCC(C)CCCCCCCCCCCCC(=O)OC[C@@H](COC(=O)CCCCCCCCCCC(C)CC)OC(=O)CCCCCCCCCCCCCCCCCC(C)C. The molecule has 6 heteroatoms. The van der Waals surface area contributed by atoms with Crippen molar-refractivity contribution in [3.63, 3.8) is 0 Å². The van der Waals surface area contributed by atoms with Crippen LogP contribution in [-0.4, -0.2) is 37.2 Å². The highest BCUT2D eigenvalue weighted by Gasteiger charge is 2.19. The molecule has 0 spiro atoms. The Morgan fingerprint density at radius 2 is 0.565 bits per heavy atom. The molecule has 6 nitrogen and oxygen atoms in total. The van der Waals surface area contributed by atoms with Crippen LogP contribution in [0.5, 0.6) is 0 Å². The molecule has 0 rings (SSSR count). The van der Waals surface area contributed by atoms with E-state index in [9.17, 15) is 14.4 Å². The van der Waals surface area contributed by atoms with E-state index in [-0.39, 0.29) is 31.1 Å². The third-order valence-corrected chi connectivity index (χ3v) is 13.4. The predicted octanol–water partition coefficient (Wildman–Crippen LogP) is 17.9. The molecule has 0 bridgehead atoms. The molecule has 0 aromatic heterocycles. The van der Waals surface area contributed by atoms with Crippen LogP contribution in [0.15, 0.2) is 0 Å². The predicted molar refractivity (Wildman–Crippen MR) is 266 cm³/mol. The van der Waals surface area contributed by atoms with Gasteiger partial charge in [-0.2, -0.15) is 0 Å². The van der Waals surface area contributed by atoms with Gasteiger partial charge < -0.3 is 14.2 Å². The Balaban J connectivity index is 4.31. The summed E-state index contributed by atoms with van der Waals surface area (Å²) in [6, 6.07) is 0. The van der Waals surface area contributed by atoms with E-state index >= 15 is 0 Å². The quantitative estimate of drug-likeness (QED) is 0.0344. The lowest BCUT2D eigenvalue weighted by Crippen LogP contribution is -2.30. The van der Waals surface area contributed by atoms with Gasteiger partial charge in [0.05, 0.1) is 0 Å². The average Bonchev–Trinajstić information content (AvgIpc) is 3.26. The summed E-state index contributed by atoms with van der Waals surface area (Å²) in [4.78, 5) is 38.0. The summed E-state index contributed by atoms with van der Waals surface area (Å²) < 4.78 is 16.9. The summed E-state index contributed by atoms with van der Waals surface area (Å²) in [7, 11) is 0. The molecule has 0 fully saturated rings. The second-order valence-electron chi connectivity index (χ2n) is 20.2. The van der Waals surface area contributed by atoms with Crippen LogP contribution >= 0.6 is 0 Å². The highest BCUT2D eigenvalue weighted by atomic mass is 16.6. The molecule has 368 valence electrons. The van der Waals surface area contributed by atoms with Crippen LogP contribution in [-0.2, 0) is 28.6 Å². The van der Waals surface area contributed by atoms with Gasteiger partial charge in [0, 0.05) is 19.3 Å². The van der Waals surface area contributed by atoms with Gasteiger partial charge in [-0.15, -0.1) is 0 Å². The fourth-order valence-corrected chi connectivity index (χ4v) is 8.40. The number of ether oxygens (including phenoxy) is 3. The van der Waals surface area contributed by atoms with Crippen LogP contribution in [0.4, 0.5) is 0 Å². The standard InChI is InChI=1S/C56H108O6/c1-7-51(5)43-37-31-25-19-16-17-20-27-33-39-45-54(57)60-48-53(49-61-55(58)46-40-34-28-23-22-26-32-38-44-52(6)8-2)62-56(59)47-41-35-29-21-15-13-11-9-10-12-14-18-24-30-36-42-50(3)4/h50-53H,7-49H2,1-6H3/t51?,52?,53-/m0/s1. The van der Waals surface area contributed by atoms with Gasteiger partial charge in [0.15, 0.2) is 6.10 Å². The van der Waals surface area contributed by atoms with E-state index in [0.717, 1.165) is 75.5 Å². The maximum Gasteiger partial charge on any atom is 0.306 e. The highest BCUT2D eigenvalue weighted by molar-refractivity contribution is 5.71. The minimum Gasteiger partial charge on any atom is -0.462 e.